The molecule has 1 aromatic carbocycles. The number of carbonyl (C=O) groups is 1. The van der Waals surface area contributed by atoms with Gasteiger partial charge >= 0.3 is 0 Å². The van der Waals surface area contributed by atoms with Crippen molar-refractivity contribution in [2.24, 2.45) is 17.8 Å². The highest BCUT2D eigenvalue weighted by Crippen LogP contribution is 2.66. The van der Waals surface area contributed by atoms with Gasteiger partial charge in [-0.05, 0) is 67.7 Å². The topological polar surface area (TPSA) is 86.7 Å². The maximum atomic E-state index is 12.0. The van der Waals surface area contributed by atoms with Crippen LogP contribution in [-0.2, 0) is 23.2 Å². The number of aromatic hydroxyl groups is 1. The van der Waals surface area contributed by atoms with E-state index < -0.39 is 0 Å². The molecule has 8 rings (SSSR count). The number of rotatable bonds is 4. The summed E-state index contributed by atoms with van der Waals surface area (Å²) >= 11 is 0. The number of nitrogens with zero attached hydrogens (tertiary/aromatic N) is 2. The molecule has 35 heavy (non-hydrogen) atoms. The van der Waals surface area contributed by atoms with Crippen LogP contribution in [0.2, 0.25) is 0 Å². The van der Waals surface area contributed by atoms with E-state index in [2.05, 4.69) is 26.6 Å². The number of fused-ring (bicyclic) bond motifs is 1. The minimum absolute atomic E-state index is 0.00418. The highest BCUT2D eigenvalue weighted by molar-refractivity contribution is 5.91. The van der Waals surface area contributed by atoms with Crippen LogP contribution in [-0.4, -0.2) is 40.7 Å². The molecule has 3 aliphatic heterocycles. The van der Waals surface area contributed by atoms with E-state index in [-0.39, 0.29) is 29.2 Å². The van der Waals surface area contributed by atoms with Gasteiger partial charge in [0.25, 0.3) is 0 Å². The molecule has 2 bridgehead atoms. The molecule has 6 aliphatic rings. The van der Waals surface area contributed by atoms with Crippen molar-refractivity contribution >= 4 is 17.3 Å². The van der Waals surface area contributed by atoms with Crippen molar-refractivity contribution in [1.29, 1.82) is 0 Å². The zero-order valence-corrected chi connectivity index (χ0v) is 20.1. The summed E-state index contributed by atoms with van der Waals surface area (Å²) in [7, 11) is 0. The number of phenolic OH excluding ortho intramolecular Hbond substituents is 1. The lowest BCUT2D eigenvalue weighted by Crippen LogP contribution is -2.71. The summed E-state index contributed by atoms with van der Waals surface area (Å²) in [5, 5.41) is 18.0. The van der Waals surface area contributed by atoms with Crippen LogP contribution in [0.15, 0.2) is 24.4 Å². The van der Waals surface area contributed by atoms with Crippen LogP contribution in [0.25, 0.3) is 0 Å². The monoisotopic (exact) mass is 472 g/mol. The quantitative estimate of drug-likeness (QED) is 0.632. The van der Waals surface area contributed by atoms with Crippen LogP contribution in [0.1, 0.15) is 55.8 Å². The van der Waals surface area contributed by atoms with Gasteiger partial charge in [-0.15, -0.1) is 0 Å². The number of hydrogen-bond donors (Lipinski definition) is 3. The van der Waals surface area contributed by atoms with Crippen molar-refractivity contribution in [2.75, 3.05) is 16.8 Å². The van der Waals surface area contributed by atoms with Crippen LogP contribution in [0, 0.1) is 17.8 Å². The van der Waals surface area contributed by atoms with Gasteiger partial charge in [0.15, 0.2) is 11.5 Å². The molecule has 0 radical (unpaired) electrons. The van der Waals surface area contributed by atoms with Crippen molar-refractivity contribution in [1.82, 2.24) is 10.3 Å². The predicted octanol–water partition coefficient (Wildman–Crippen LogP) is 3.49. The van der Waals surface area contributed by atoms with Gasteiger partial charge in [0, 0.05) is 41.9 Å². The van der Waals surface area contributed by atoms with Crippen LogP contribution in [0.4, 0.5) is 11.4 Å². The minimum atomic E-state index is -0.131. The molecule has 2 aromatic rings. The summed E-state index contributed by atoms with van der Waals surface area (Å²) in [6, 6.07) is 6.59. The molecule has 7 nitrogen and oxygen atoms in total. The van der Waals surface area contributed by atoms with Gasteiger partial charge in [0.2, 0.25) is 5.91 Å². The number of hydrogen-bond acceptors (Lipinski definition) is 6. The number of amides is 1. The van der Waals surface area contributed by atoms with Gasteiger partial charge in [-0.3, -0.25) is 9.78 Å². The summed E-state index contributed by atoms with van der Waals surface area (Å²) in [6.45, 7) is 3.37. The van der Waals surface area contributed by atoms with Crippen molar-refractivity contribution in [3.8, 4) is 11.5 Å². The number of anilines is 2. The predicted molar refractivity (Wildman–Crippen MR) is 132 cm³/mol. The summed E-state index contributed by atoms with van der Waals surface area (Å²) in [5.41, 5.74) is 5.39. The van der Waals surface area contributed by atoms with E-state index in [9.17, 15) is 9.90 Å². The third kappa shape index (κ3) is 2.65. The molecule has 1 spiro atoms. The van der Waals surface area contributed by atoms with Crippen molar-refractivity contribution < 1.29 is 14.6 Å². The normalized spacial score (nSPS) is 35.5. The third-order valence-electron chi connectivity index (χ3n) is 9.95. The molecule has 1 aromatic heterocycles. The largest absolute Gasteiger partial charge is 0.504 e. The minimum Gasteiger partial charge on any atom is -0.504 e. The second-order valence-electron chi connectivity index (χ2n) is 11.8. The average Bonchev–Trinajstić information content (AvgIpc) is 3.55. The number of phenols is 1. The molecule has 182 valence electrons. The fourth-order valence-electron chi connectivity index (χ4n) is 8.57. The molecule has 3 aliphatic carbocycles. The molecule has 7 heteroatoms. The average molecular weight is 473 g/mol. The van der Waals surface area contributed by atoms with Crippen LogP contribution in [0.5, 0.6) is 11.5 Å². The van der Waals surface area contributed by atoms with E-state index in [0.29, 0.717) is 23.6 Å². The number of nitrogens with one attached hydrogen (secondary N) is 2. The fraction of sp³-hybridized carbons (Fsp3) is 0.571. The number of aromatic nitrogens is 1. The van der Waals surface area contributed by atoms with Crippen LogP contribution < -0.4 is 20.3 Å². The Kier molecular flexibility index (Phi) is 4.02. The van der Waals surface area contributed by atoms with E-state index in [1.54, 1.807) is 6.07 Å². The fourth-order valence-corrected chi connectivity index (χ4v) is 8.57. The molecule has 1 amide bonds. The first kappa shape index (κ1) is 20.4. The van der Waals surface area contributed by atoms with Gasteiger partial charge in [0.1, 0.15) is 6.10 Å². The molecule has 1 unspecified atom stereocenters. The Hall–Kier alpha value is -2.80. The van der Waals surface area contributed by atoms with Crippen LogP contribution >= 0.6 is 0 Å². The molecule has 6 atom stereocenters. The van der Waals surface area contributed by atoms with Gasteiger partial charge in [-0.25, -0.2) is 0 Å². The van der Waals surface area contributed by atoms with E-state index in [1.807, 2.05) is 12.3 Å². The smallest absolute Gasteiger partial charge is 0.221 e. The number of carbonyl (C=O) groups excluding carboxylic acids is 1. The summed E-state index contributed by atoms with van der Waals surface area (Å²) in [6.07, 6.45) is 8.93. The second kappa shape index (κ2) is 6.90. The standard InChI is InChI=1S/C28H32N4O3/c1-14(33)31-19-12-23(34)26-24-17(19)11-20-18-10-16(9-15-4-5-15)25(27(35-26)28(18,24)6-8-30-20)32-13-21-22(32)3-2-7-29-21/h2-3,7,12,15-16,18,20,25,27,30,34H,4-6,8-11,13H2,1H3,(H,31,33)/t16?,18-,20+,25+,27-,28-/m0/s1. The molecule has 3 N–H and O–H groups in total. The lowest BCUT2D eigenvalue weighted by atomic mass is 9.49. The first-order valence-electron chi connectivity index (χ1n) is 13.3. The maximum absolute atomic E-state index is 12.0. The lowest BCUT2D eigenvalue weighted by molar-refractivity contribution is -0.114. The Bertz CT molecular complexity index is 1260. The van der Waals surface area contributed by atoms with Gasteiger partial charge in [-0.2, -0.15) is 0 Å². The van der Waals surface area contributed by atoms with E-state index in [4.69, 9.17) is 4.74 Å². The third-order valence-corrected chi connectivity index (χ3v) is 9.95. The Morgan fingerprint density at radius 1 is 1.40 bits per heavy atom. The molecule has 1 saturated heterocycles. The Morgan fingerprint density at radius 2 is 2.29 bits per heavy atom. The van der Waals surface area contributed by atoms with E-state index >= 15 is 0 Å². The Labute approximate surface area is 205 Å². The molecular weight excluding hydrogens is 440 g/mol. The van der Waals surface area contributed by atoms with Gasteiger partial charge < -0.3 is 25.4 Å². The van der Waals surface area contributed by atoms with Crippen molar-refractivity contribution in [3.63, 3.8) is 0 Å². The molecule has 2 saturated carbocycles. The zero-order chi connectivity index (χ0) is 23.5. The van der Waals surface area contributed by atoms with Crippen molar-refractivity contribution in [2.45, 2.75) is 75.6 Å². The lowest BCUT2D eigenvalue weighted by Gasteiger charge is -2.61. The molecular formula is C28H32N4O3. The second-order valence-corrected chi connectivity index (χ2v) is 11.8. The SMILES string of the molecule is CC(=O)Nc1cc(O)c2c3c1C[C@H]1NCC[C@]34[C@H]1CC(CC1CC1)[C@@H](N1Cc3ncccc31)[C@@H]4O2. The van der Waals surface area contributed by atoms with Gasteiger partial charge in [-0.1, -0.05) is 12.8 Å². The number of piperidine rings is 1. The maximum Gasteiger partial charge on any atom is 0.221 e. The number of ether oxygens (including phenoxy) is 1. The van der Waals surface area contributed by atoms with Gasteiger partial charge in [0.05, 0.1) is 24.0 Å². The highest BCUT2D eigenvalue weighted by atomic mass is 16.5. The Morgan fingerprint density at radius 3 is 3.09 bits per heavy atom. The highest BCUT2D eigenvalue weighted by Gasteiger charge is 2.68. The first-order valence-corrected chi connectivity index (χ1v) is 13.3. The van der Waals surface area contributed by atoms with Crippen LogP contribution in [0.3, 0.4) is 0 Å². The number of benzene rings is 1. The summed E-state index contributed by atoms with van der Waals surface area (Å²) < 4.78 is 6.93. The van der Waals surface area contributed by atoms with Crippen molar-refractivity contribution in [3.05, 3.63) is 41.2 Å². The number of pyridine rings is 1. The van der Waals surface area contributed by atoms with E-state index in [1.165, 1.54) is 49.6 Å². The summed E-state index contributed by atoms with van der Waals surface area (Å²) in [4.78, 5) is 19.2. The summed E-state index contributed by atoms with van der Waals surface area (Å²) in [5.74, 6) is 2.63. The zero-order valence-electron chi connectivity index (χ0n) is 20.1. The molecule has 4 heterocycles. The molecule has 3 fully saturated rings. The first-order chi connectivity index (χ1) is 17.0. The Balaban J connectivity index is 1.30. The van der Waals surface area contributed by atoms with E-state index in [0.717, 1.165) is 43.1 Å².